The maximum absolute atomic E-state index is 12.7. The normalized spacial score (nSPS) is 11.7. The van der Waals surface area contributed by atoms with Gasteiger partial charge >= 0.3 is 0 Å². The highest BCUT2D eigenvalue weighted by atomic mass is 32.2. The minimum absolute atomic E-state index is 0.000987. The Hall–Kier alpha value is -4.17. The monoisotopic (exact) mass is 482 g/mol. The van der Waals surface area contributed by atoms with E-state index < -0.39 is 5.97 Å². The molecule has 8 heteroatoms. The molecular weight excluding hydrogens is 462 g/mol. The summed E-state index contributed by atoms with van der Waals surface area (Å²) in [7, 11) is 0. The first-order valence-electron chi connectivity index (χ1n) is 10.9. The first-order valence-corrected chi connectivity index (χ1v) is 11.9. The van der Waals surface area contributed by atoms with Crippen LogP contribution < -0.4 is 15.2 Å². The van der Waals surface area contributed by atoms with Gasteiger partial charge < -0.3 is 20.0 Å². The van der Waals surface area contributed by atoms with Crippen LogP contribution in [0.3, 0.4) is 0 Å². The van der Waals surface area contributed by atoms with Crippen LogP contribution in [0.2, 0.25) is 0 Å². The average Bonchev–Trinajstić information content (AvgIpc) is 2.86. The van der Waals surface area contributed by atoms with E-state index in [0.717, 1.165) is 28.0 Å². The number of aryl methyl sites for hydroxylation is 1. The van der Waals surface area contributed by atoms with Crippen molar-refractivity contribution in [1.29, 1.82) is 0 Å². The molecule has 1 aliphatic heterocycles. The summed E-state index contributed by atoms with van der Waals surface area (Å²) in [6, 6.07) is 21.6. The highest BCUT2D eigenvalue weighted by molar-refractivity contribution is 8.00. The molecule has 1 N–H and O–H groups in total. The zero-order valence-electron chi connectivity index (χ0n) is 18.8. The molecule has 4 aromatic rings. The lowest BCUT2D eigenvalue weighted by molar-refractivity contribution is -0.255. The summed E-state index contributed by atoms with van der Waals surface area (Å²) in [6.45, 7) is 2.03. The number of hydrogen-bond acceptors (Lipinski definition) is 7. The van der Waals surface area contributed by atoms with Crippen LogP contribution in [0.1, 0.15) is 27.0 Å². The van der Waals surface area contributed by atoms with Gasteiger partial charge in [-0.25, -0.2) is 4.98 Å². The number of nitrogens with zero attached hydrogens (tertiary/aromatic N) is 2. The second kappa shape index (κ2) is 9.60. The quantitative estimate of drug-likeness (QED) is 0.285. The summed E-state index contributed by atoms with van der Waals surface area (Å²) in [6.07, 6.45) is 0.596. The number of fused-ring (bicyclic) bond motifs is 2. The van der Waals surface area contributed by atoms with Crippen LogP contribution >= 0.6 is 11.8 Å². The molecule has 7 nitrogen and oxygen atoms in total. The summed E-state index contributed by atoms with van der Waals surface area (Å²) >= 11 is 1.29. The molecule has 0 unspecified atom stereocenters. The molecular formula is C27H20N3O4S-. The number of aromatic nitrogens is 2. The number of carboxylic acids is 1. The van der Waals surface area contributed by atoms with Crippen LogP contribution in [-0.4, -0.2) is 27.6 Å². The van der Waals surface area contributed by atoms with Crippen LogP contribution in [0.15, 0.2) is 77.8 Å². The van der Waals surface area contributed by atoms with Gasteiger partial charge in [-0.05, 0) is 36.2 Å². The molecule has 1 aromatic heterocycles. The Kier molecular flexibility index (Phi) is 6.20. The number of benzene rings is 3. The number of aromatic carboxylic acids is 1. The van der Waals surface area contributed by atoms with Crippen molar-refractivity contribution in [2.45, 2.75) is 18.4 Å². The number of ether oxygens (including phenoxy) is 1. The van der Waals surface area contributed by atoms with E-state index >= 15 is 0 Å². The minimum Gasteiger partial charge on any atom is -0.545 e. The van der Waals surface area contributed by atoms with Crippen LogP contribution in [0.4, 0.5) is 5.69 Å². The van der Waals surface area contributed by atoms with E-state index in [1.807, 2.05) is 49.4 Å². The number of carbonyl (C=O) groups excluding carboxylic acids is 2. The molecule has 3 aromatic carbocycles. The SMILES string of the molecule is Cc1ccc2c(c1)Cc1c(nc(-c3ccccc3)nc1SCC(=O)Nc1cccc(C(=O)[O-])c1)O2. The van der Waals surface area contributed by atoms with Gasteiger partial charge in [0.2, 0.25) is 11.8 Å². The third-order valence-electron chi connectivity index (χ3n) is 5.48. The molecule has 0 fully saturated rings. The van der Waals surface area contributed by atoms with Crippen LogP contribution in [-0.2, 0) is 11.2 Å². The van der Waals surface area contributed by atoms with Crippen molar-refractivity contribution < 1.29 is 19.4 Å². The Morgan fingerprint density at radius 3 is 2.66 bits per heavy atom. The highest BCUT2D eigenvalue weighted by Gasteiger charge is 2.24. The minimum atomic E-state index is -1.30. The van der Waals surface area contributed by atoms with E-state index in [2.05, 4.69) is 16.4 Å². The molecule has 2 heterocycles. The van der Waals surface area contributed by atoms with Gasteiger partial charge in [0.25, 0.3) is 0 Å². The molecule has 0 atom stereocenters. The number of carbonyl (C=O) groups is 2. The molecule has 0 saturated heterocycles. The van der Waals surface area contributed by atoms with Crippen LogP contribution in [0, 0.1) is 6.92 Å². The number of thioether (sulfide) groups is 1. The Morgan fingerprint density at radius 2 is 1.86 bits per heavy atom. The number of anilines is 1. The topological polar surface area (TPSA) is 104 Å². The Labute approximate surface area is 206 Å². The number of nitrogens with one attached hydrogen (secondary N) is 1. The molecule has 0 spiro atoms. The van der Waals surface area contributed by atoms with Gasteiger partial charge in [-0.3, -0.25) is 4.79 Å². The molecule has 0 radical (unpaired) electrons. The van der Waals surface area contributed by atoms with Crippen LogP contribution in [0.5, 0.6) is 11.6 Å². The first-order chi connectivity index (χ1) is 17.0. The van der Waals surface area contributed by atoms with E-state index in [1.165, 1.54) is 23.9 Å². The molecule has 174 valence electrons. The van der Waals surface area contributed by atoms with Gasteiger partial charge in [0.15, 0.2) is 5.82 Å². The van der Waals surface area contributed by atoms with Gasteiger partial charge in [-0.2, -0.15) is 4.98 Å². The Balaban J connectivity index is 1.42. The molecule has 1 aliphatic rings. The Bertz CT molecular complexity index is 1440. The predicted octanol–water partition coefficient (Wildman–Crippen LogP) is 4.24. The van der Waals surface area contributed by atoms with E-state index in [4.69, 9.17) is 9.72 Å². The summed E-state index contributed by atoms with van der Waals surface area (Å²) < 4.78 is 6.15. The summed E-state index contributed by atoms with van der Waals surface area (Å²) in [5.41, 5.74) is 4.24. The third kappa shape index (κ3) is 5.02. The third-order valence-corrected chi connectivity index (χ3v) is 6.49. The van der Waals surface area contributed by atoms with Crippen molar-refractivity contribution in [2.24, 2.45) is 0 Å². The van der Waals surface area contributed by atoms with Crippen molar-refractivity contribution in [1.82, 2.24) is 9.97 Å². The van der Waals surface area contributed by atoms with E-state index in [0.29, 0.717) is 28.8 Å². The van der Waals surface area contributed by atoms with Gasteiger partial charge in [-0.1, -0.05) is 71.9 Å². The average molecular weight is 483 g/mol. The number of hydrogen-bond donors (Lipinski definition) is 1. The van der Waals surface area contributed by atoms with Gasteiger partial charge in [0, 0.05) is 17.7 Å². The molecule has 5 rings (SSSR count). The fourth-order valence-electron chi connectivity index (χ4n) is 3.81. The van der Waals surface area contributed by atoms with Crippen molar-refractivity contribution >= 4 is 29.3 Å². The highest BCUT2D eigenvalue weighted by Crippen LogP contribution is 2.40. The van der Waals surface area contributed by atoms with E-state index in [-0.39, 0.29) is 17.2 Å². The van der Waals surface area contributed by atoms with Gasteiger partial charge in [0.1, 0.15) is 10.8 Å². The predicted molar refractivity (Wildman–Crippen MR) is 132 cm³/mol. The lowest BCUT2D eigenvalue weighted by Gasteiger charge is -2.22. The van der Waals surface area contributed by atoms with Gasteiger partial charge in [-0.15, -0.1) is 0 Å². The zero-order valence-corrected chi connectivity index (χ0v) is 19.6. The maximum Gasteiger partial charge on any atom is 0.234 e. The summed E-state index contributed by atoms with van der Waals surface area (Å²) in [4.78, 5) is 33.2. The van der Waals surface area contributed by atoms with E-state index in [1.54, 1.807) is 12.1 Å². The molecule has 1 amide bonds. The molecule has 0 saturated carbocycles. The number of amides is 1. The number of carboxylic acid groups (broad SMARTS) is 1. The largest absolute Gasteiger partial charge is 0.545 e. The van der Waals surface area contributed by atoms with Crippen LogP contribution in [0.25, 0.3) is 11.4 Å². The fraction of sp³-hybridized carbons (Fsp3) is 0.111. The van der Waals surface area contributed by atoms with Crippen molar-refractivity contribution in [2.75, 3.05) is 11.1 Å². The first kappa shape index (κ1) is 22.6. The maximum atomic E-state index is 12.7. The zero-order chi connectivity index (χ0) is 24.4. The molecule has 0 aliphatic carbocycles. The van der Waals surface area contributed by atoms with E-state index in [9.17, 15) is 14.7 Å². The summed E-state index contributed by atoms with van der Waals surface area (Å²) in [5, 5.41) is 14.5. The fourth-order valence-corrected chi connectivity index (χ4v) is 4.64. The lowest BCUT2D eigenvalue weighted by atomic mass is 10.0. The molecule has 0 bridgehead atoms. The van der Waals surface area contributed by atoms with Crippen molar-refractivity contribution in [3.63, 3.8) is 0 Å². The van der Waals surface area contributed by atoms with Gasteiger partial charge in [0.05, 0.1) is 17.3 Å². The van der Waals surface area contributed by atoms with Crippen molar-refractivity contribution in [3.05, 3.63) is 95.1 Å². The Morgan fingerprint density at radius 1 is 1.03 bits per heavy atom. The lowest BCUT2D eigenvalue weighted by Crippen LogP contribution is -2.22. The smallest absolute Gasteiger partial charge is 0.234 e. The second-order valence-corrected chi connectivity index (χ2v) is 9.06. The molecule has 35 heavy (non-hydrogen) atoms. The second-order valence-electron chi connectivity index (χ2n) is 8.10. The summed E-state index contributed by atoms with van der Waals surface area (Å²) in [5.74, 6) is 0.263. The van der Waals surface area contributed by atoms with Crippen molar-refractivity contribution in [3.8, 4) is 23.0 Å². The standard InChI is InChI=1S/C27H21N3O4S/c1-16-10-11-22-19(12-16)14-21-25(34-22)29-24(17-6-3-2-4-7-17)30-26(21)35-15-23(31)28-20-9-5-8-18(13-20)27(32)33/h2-13H,14-15H2,1H3,(H,28,31)(H,32,33)/p-1. The number of rotatable bonds is 6.